The van der Waals surface area contributed by atoms with Crippen LogP contribution in [0.2, 0.25) is 0 Å². The highest BCUT2D eigenvalue weighted by molar-refractivity contribution is 5.90. The zero-order valence-corrected chi connectivity index (χ0v) is 33.2. The Morgan fingerprint density at radius 2 is 1.81 bits per heavy atom. The summed E-state index contributed by atoms with van der Waals surface area (Å²) < 4.78 is 6.04. The minimum absolute atomic E-state index is 0.0454. The highest BCUT2D eigenvalue weighted by Crippen LogP contribution is 2.65. The van der Waals surface area contributed by atoms with E-state index in [1.165, 1.54) is 75.4 Å². The van der Waals surface area contributed by atoms with Gasteiger partial charge in [0.05, 0.1) is 17.1 Å². The van der Waals surface area contributed by atoms with E-state index in [-0.39, 0.29) is 23.7 Å². The molecule has 6 heteroatoms. The summed E-state index contributed by atoms with van der Waals surface area (Å²) in [5.74, 6) is 4.76. The van der Waals surface area contributed by atoms with Gasteiger partial charge in [0, 0.05) is 24.6 Å². The molecule has 5 saturated carbocycles. The first kappa shape index (κ1) is 37.5. The SMILES string of the molecule is C=C1CC[C@H](O)C/C1=C/C=C1\CCC[C@]2(C)[C@@H]([C@H](C)CCCC(C)C)CC[C@@H]12.O=C1CC[C@@]2(O)[C@H]3Cc4ccc(O)c5c4[C@@]2(CCN3CC2CC2)[C@H]1O5. The fourth-order valence-electron chi connectivity index (χ4n) is 12.9. The average molecular weight is 726 g/mol. The first-order chi connectivity index (χ1) is 25.4. The maximum Gasteiger partial charge on any atom is 0.174 e. The number of aliphatic hydroxyl groups is 2. The van der Waals surface area contributed by atoms with E-state index in [4.69, 9.17) is 4.74 Å². The van der Waals surface area contributed by atoms with E-state index in [0.717, 1.165) is 85.9 Å². The number of benzene rings is 1. The van der Waals surface area contributed by atoms with Gasteiger partial charge in [0.1, 0.15) is 0 Å². The van der Waals surface area contributed by atoms with Crippen molar-refractivity contribution in [1.82, 2.24) is 4.90 Å². The summed E-state index contributed by atoms with van der Waals surface area (Å²) in [7, 11) is 0. The van der Waals surface area contributed by atoms with Crippen LogP contribution < -0.4 is 4.74 Å². The van der Waals surface area contributed by atoms with Gasteiger partial charge in [-0.15, -0.1) is 0 Å². The number of ether oxygens (including phenoxy) is 1. The van der Waals surface area contributed by atoms with E-state index in [9.17, 15) is 20.1 Å². The topological polar surface area (TPSA) is 90.2 Å². The number of hydrogen-bond acceptors (Lipinski definition) is 6. The summed E-state index contributed by atoms with van der Waals surface area (Å²) >= 11 is 0. The second-order valence-electron chi connectivity index (χ2n) is 19.5. The molecule has 9 atom stereocenters. The van der Waals surface area contributed by atoms with Crippen molar-refractivity contribution in [3.8, 4) is 11.5 Å². The summed E-state index contributed by atoms with van der Waals surface area (Å²) in [5.41, 5.74) is 5.17. The number of carbonyl (C=O) groups excluding carboxylic acids is 1. The molecule has 6 aliphatic carbocycles. The monoisotopic (exact) mass is 726 g/mol. The number of hydrogen-bond donors (Lipinski definition) is 3. The third-order valence-electron chi connectivity index (χ3n) is 15.9. The van der Waals surface area contributed by atoms with E-state index in [1.54, 1.807) is 11.6 Å². The van der Waals surface area contributed by atoms with E-state index < -0.39 is 17.1 Å². The second kappa shape index (κ2) is 14.3. The Morgan fingerprint density at radius 3 is 2.58 bits per heavy atom. The zero-order valence-electron chi connectivity index (χ0n) is 33.2. The van der Waals surface area contributed by atoms with Gasteiger partial charge in [0.25, 0.3) is 0 Å². The molecular formula is C47H67NO5. The number of fused-ring (bicyclic) bond motifs is 1. The first-order valence-electron chi connectivity index (χ1n) is 21.6. The van der Waals surface area contributed by atoms with Crippen molar-refractivity contribution in [2.24, 2.45) is 35.0 Å². The lowest BCUT2D eigenvalue weighted by molar-refractivity contribution is -0.188. The normalized spacial score (nSPS) is 39.4. The van der Waals surface area contributed by atoms with Crippen molar-refractivity contribution in [2.45, 2.75) is 166 Å². The van der Waals surface area contributed by atoms with Crippen LogP contribution in [0.15, 0.2) is 47.6 Å². The van der Waals surface area contributed by atoms with Crippen LogP contribution in [0.1, 0.15) is 142 Å². The van der Waals surface area contributed by atoms with Gasteiger partial charge in [-0.2, -0.15) is 0 Å². The first-order valence-corrected chi connectivity index (χ1v) is 21.6. The minimum Gasteiger partial charge on any atom is -0.504 e. The molecule has 6 nitrogen and oxygen atoms in total. The van der Waals surface area contributed by atoms with Crippen molar-refractivity contribution in [3.63, 3.8) is 0 Å². The van der Waals surface area contributed by atoms with Gasteiger partial charge < -0.3 is 20.1 Å². The number of allylic oxidation sites excluding steroid dienone is 4. The van der Waals surface area contributed by atoms with Gasteiger partial charge >= 0.3 is 0 Å². The number of rotatable bonds is 8. The molecule has 1 aromatic rings. The van der Waals surface area contributed by atoms with E-state index in [2.05, 4.69) is 51.3 Å². The van der Waals surface area contributed by atoms with Gasteiger partial charge in [-0.05, 0) is 142 Å². The molecule has 0 unspecified atom stereocenters. The number of aliphatic hydroxyl groups excluding tert-OH is 1. The third-order valence-corrected chi connectivity index (χ3v) is 15.9. The molecule has 1 aromatic carbocycles. The molecule has 0 radical (unpaired) electrons. The number of piperidine rings is 1. The number of nitrogens with zero attached hydrogens (tertiary/aromatic N) is 1. The van der Waals surface area contributed by atoms with Gasteiger partial charge in [0.15, 0.2) is 23.4 Å². The van der Waals surface area contributed by atoms with Crippen LogP contribution in [0.25, 0.3) is 0 Å². The minimum atomic E-state index is -0.940. The van der Waals surface area contributed by atoms with Crippen LogP contribution in [0, 0.1) is 35.0 Å². The van der Waals surface area contributed by atoms with Crippen LogP contribution in [0.5, 0.6) is 11.5 Å². The average Bonchev–Trinajstić information content (AvgIpc) is 3.75. The van der Waals surface area contributed by atoms with Crippen molar-refractivity contribution in [3.05, 3.63) is 58.7 Å². The maximum atomic E-state index is 12.7. The smallest absolute Gasteiger partial charge is 0.174 e. The van der Waals surface area contributed by atoms with Crippen molar-refractivity contribution >= 4 is 5.78 Å². The Balaban J connectivity index is 0.000000151. The molecule has 290 valence electrons. The van der Waals surface area contributed by atoms with Crippen LogP contribution in [0.4, 0.5) is 0 Å². The van der Waals surface area contributed by atoms with Crippen LogP contribution in [-0.2, 0) is 16.6 Å². The van der Waals surface area contributed by atoms with E-state index in [0.29, 0.717) is 24.0 Å². The quantitative estimate of drug-likeness (QED) is 0.248. The predicted molar refractivity (Wildman–Crippen MR) is 211 cm³/mol. The van der Waals surface area contributed by atoms with Crippen molar-refractivity contribution in [1.29, 1.82) is 0 Å². The fraction of sp³-hybridized carbons (Fsp3) is 0.723. The highest BCUT2D eigenvalue weighted by atomic mass is 16.5. The van der Waals surface area contributed by atoms with Gasteiger partial charge in [-0.25, -0.2) is 0 Å². The lowest BCUT2D eigenvalue weighted by Crippen LogP contribution is -2.76. The molecule has 8 aliphatic rings. The predicted octanol–water partition coefficient (Wildman–Crippen LogP) is 9.14. The fourth-order valence-corrected chi connectivity index (χ4v) is 12.9. The summed E-state index contributed by atoms with van der Waals surface area (Å²) in [4.78, 5) is 15.2. The summed E-state index contributed by atoms with van der Waals surface area (Å²) in [6.07, 6.45) is 22.5. The molecule has 0 aromatic heterocycles. The molecule has 1 saturated heterocycles. The lowest BCUT2D eigenvalue weighted by Gasteiger charge is -2.62. The van der Waals surface area contributed by atoms with E-state index in [1.807, 2.05) is 6.07 Å². The maximum absolute atomic E-state index is 12.7. The standard InChI is InChI=1S/C27H44O.C20H23NO4/c1-19(2)8-6-9-21(4)25-15-16-26-22(10-7-17-27(25,26)5)12-13-23-18-24(28)14-11-20(23)3;22-13-4-3-12-9-15-20(24)6-5-14(23)18-19(20,16(12)17(13)25-18)7-8-21(15)10-11-1-2-11/h12-13,19,21,24-26,28H,3,6-11,14-18H2,1-2,4-5H3;3-4,11,15,18,22,24H,1-2,5-10H2/b22-12+,23-13-;/t21-,24+,25-,26+,27-;15-,18+,19+,20-/m11/s1. The largest absolute Gasteiger partial charge is 0.504 e. The summed E-state index contributed by atoms with van der Waals surface area (Å²) in [6.45, 7) is 16.0. The van der Waals surface area contributed by atoms with E-state index >= 15 is 0 Å². The van der Waals surface area contributed by atoms with Gasteiger partial charge in [-0.3, -0.25) is 9.69 Å². The Labute approximate surface area is 319 Å². The molecule has 0 amide bonds. The zero-order chi connectivity index (χ0) is 37.3. The number of aromatic hydroxyl groups is 1. The molecule has 1 spiro atoms. The van der Waals surface area contributed by atoms with Crippen LogP contribution in [-0.4, -0.2) is 62.9 Å². The number of ketones is 1. The second-order valence-corrected chi connectivity index (χ2v) is 19.5. The number of phenolic OH excluding ortho intramolecular Hbond substituents is 1. The number of phenols is 1. The Kier molecular flexibility index (Phi) is 10.1. The Morgan fingerprint density at radius 1 is 1.00 bits per heavy atom. The summed E-state index contributed by atoms with van der Waals surface area (Å²) in [5, 5.41) is 32.3. The molecular weight excluding hydrogens is 659 g/mol. The molecule has 9 rings (SSSR count). The molecule has 53 heavy (non-hydrogen) atoms. The van der Waals surface area contributed by atoms with Gasteiger partial charge in [0.2, 0.25) is 0 Å². The summed E-state index contributed by atoms with van der Waals surface area (Å²) in [6, 6.07) is 3.69. The third kappa shape index (κ3) is 6.39. The molecule has 3 N–H and O–H groups in total. The van der Waals surface area contributed by atoms with Crippen molar-refractivity contribution < 1.29 is 24.9 Å². The molecule has 6 fully saturated rings. The van der Waals surface area contributed by atoms with Crippen LogP contribution in [0.3, 0.4) is 0 Å². The Bertz CT molecular complexity index is 1660. The molecule has 2 heterocycles. The number of likely N-dealkylation sites (tertiary alicyclic amines) is 1. The highest BCUT2D eigenvalue weighted by Gasteiger charge is 2.73. The Hall–Kier alpha value is -2.41. The molecule has 2 bridgehead atoms. The molecule has 2 aliphatic heterocycles. The number of Topliss-reactive ketones (excluding diaryl/α,β-unsaturated/α-hetero) is 1. The number of carbonyl (C=O) groups is 1. The van der Waals surface area contributed by atoms with Gasteiger partial charge in [-0.1, -0.05) is 82.9 Å². The lowest BCUT2D eigenvalue weighted by atomic mass is 9.49. The van der Waals surface area contributed by atoms with Crippen molar-refractivity contribution in [2.75, 3.05) is 13.1 Å². The van der Waals surface area contributed by atoms with Crippen LogP contribution >= 0.6 is 0 Å².